The molecule has 170 valence electrons. The van der Waals surface area contributed by atoms with Crippen molar-refractivity contribution in [1.29, 1.82) is 0 Å². The van der Waals surface area contributed by atoms with E-state index >= 15 is 0 Å². The maximum Gasteiger partial charge on any atom is 0.323 e. The molecule has 1 aliphatic carbocycles. The van der Waals surface area contributed by atoms with Gasteiger partial charge in [0.2, 0.25) is 5.91 Å². The molecule has 1 saturated carbocycles. The van der Waals surface area contributed by atoms with Crippen LogP contribution in [0.5, 0.6) is 5.75 Å². The van der Waals surface area contributed by atoms with Crippen LogP contribution in [0, 0.1) is 11.7 Å². The fourth-order valence-corrected chi connectivity index (χ4v) is 4.60. The minimum absolute atomic E-state index is 0.0260. The van der Waals surface area contributed by atoms with Crippen molar-refractivity contribution < 1.29 is 23.9 Å². The molecule has 1 aromatic heterocycles. The highest BCUT2D eigenvalue weighted by Gasteiger charge is 2.56. The second kappa shape index (κ2) is 7.80. The molecule has 2 aromatic carbocycles. The highest BCUT2D eigenvalue weighted by atomic mass is 19.1. The fourth-order valence-electron chi connectivity index (χ4n) is 4.60. The van der Waals surface area contributed by atoms with Crippen LogP contribution >= 0.6 is 0 Å². The summed E-state index contributed by atoms with van der Waals surface area (Å²) in [6.45, 7) is 0.0260. The first-order valence-electron chi connectivity index (χ1n) is 10.6. The smallest absolute Gasteiger partial charge is 0.323 e. The summed E-state index contributed by atoms with van der Waals surface area (Å²) in [6, 6.07) is 8.59. The van der Waals surface area contributed by atoms with E-state index in [1.807, 2.05) is 0 Å². The Labute approximate surface area is 188 Å². The summed E-state index contributed by atoms with van der Waals surface area (Å²) in [6.07, 6.45) is 2.73. The number of nitrogens with two attached hydrogens (primary N) is 1. The lowest BCUT2D eigenvalue weighted by Crippen LogP contribution is -2.49. The number of carbonyl (C=O) groups excluding carboxylic acids is 3. The van der Waals surface area contributed by atoms with Crippen molar-refractivity contribution in [2.45, 2.75) is 31.5 Å². The number of hydrogen-bond acceptors (Lipinski definition) is 4. The van der Waals surface area contributed by atoms with Crippen molar-refractivity contribution in [2.24, 2.45) is 11.7 Å². The summed E-state index contributed by atoms with van der Waals surface area (Å²) in [7, 11) is 0. The van der Waals surface area contributed by atoms with E-state index < -0.39 is 23.9 Å². The number of halogens is 1. The van der Waals surface area contributed by atoms with Crippen LogP contribution in [0.2, 0.25) is 0 Å². The predicted octanol–water partition coefficient (Wildman–Crippen LogP) is 2.72. The Morgan fingerprint density at radius 1 is 1.15 bits per heavy atom. The molecule has 4 amide bonds. The molecule has 1 saturated heterocycles. The van der Waals surface area contributed by atoms with Gasteiger partial charge in [-0.15, -0.1) is 0 Å². The minimum atomic E-state index is -0.736. The SMILES string of the molecule is NC(=O)n1cc(NC(=O)N2C3C[C@@H]3C[C@H]2C(=O)NCc2ccccc2F)c2cc(O)ccc21. The lowest BCUT2D eigenvalue weighted by atomic mass is 10.1. The number of phenols is 1. The number of phenolic OH excluding ortho intramolecular Hbond substituents is 1. The van der Waals surface area contributed by atoms with Crippen LogP contribution in [-0.2, 0) is 11.3 Å². The molecule has 0 spiro atoms. The number of anilines is 1. The van der Waals surface area contributed by atoms with Crippen molar-refractivity contribution in [1.82, 2.24) is 14.8 Å². The van der Waals surface area contributed by atoms with E-state index in [0.717, 1.165) is 6.42 Å². The first-order valence-corrected chi connectivity index (χ1v) is 10.6. The van der Waals surface area contributed by atoms with Gasteiger partial charge in [0, 0.05) is 29.7 Å². The van der Waals surface area contributed by atoms with Crippen molar-refractivity contribution in [2.75, 3.05) is 5.32 Å². The van der Waals surface area contributed by atoms with E-state index in [9.17, 15) is 23.9 Å². The number of urea groups is 1. The number of nitrogens with one attached hydrogen (secondary N) is 2. The lowest BCUT2D eigenvalue weighted by molar-refractivity contribution is -0.125. The molecular weight excluding hydrogens is 429 g/mol. The van der Waals surface area contributed by atoms with Gasteiger partial charge in [0.05, 0.1) is 11.2 Å². The molecule has 1 aliphatic heterocycles. The van der Waals surface area contributed by atoms with Gasteiger partial charge in [-0.25, -0.2) is 14.0 Å². The fraction of sp³-hybridized carbons (Fsp3) is 0.261. The van der Waals surface area contributed by atoms with Gasteiger partial charge in [0.1, 0.15) is 17.6 Å². The van der Waals surface area contributed by atoms with Gasteiger partial charge in [-0.05, 0) is 43.0 Å². The number of benzene rings is 2. The first kappa shape index (κ1) is 20.8. The molecule has 3 atom stereocenters. The molecule has 2 heterocycles. The van der Waals surface area contributed by atoms with E-state index in [0.29, 0.717) is 28.6 Å². The number of fused-ring (bicyclic) bond motifs is 2. The molecule has 10 heteroatoms. The van der Waals surface area contributed by atoms with Crippen molar-refractivity contribution in [3.05, 3.63) is 60.0 Å². The van der Waals surface area contributed by atoms with Gasteiger partial charge in [-0.1, -0.05) is 18.2 Å². The van der Waals surface area contributed by atoms with Crippen LogP contribution in [0.1, 0.15) is 18.4 Å². The Morgan fingerprint density at radius 2 is 1.94 bits per heavy atom. The van der Waals surface area contributed by atoms with Crippen molar-refractivity contribution in [3.8, 4) is 5.75 Å². The van der Waals surface area contributed by atoms with Gasteiger partial charge in [0.15, 0.2) is 0 Å². The molecule has 0 bridgehead atoms. The quantitative estimate of drug-likeness (QED) is 0.486. The summed E-state index contributed by atoms with van der Waals surface area (Å²) in [5.74, 6) is -0.543. The monoisotopic (exact) mass is 451 g/mol. The Bertz CT molecular complexity index is 1290. The van der Waals surface area contributed by atoms with Crippen LogP contribution in [0.25, 0.3) is 10.9 Å². The van der Waals surface area contributed by atoms with Gasteiger partial charge < -0.3 is 26.4 Å². The van der Waals surface area contributed by atoms with Gasteiger partial charge in [-0.2, -0.15) is 0 Å². The standard InChI is InChI=1S/C23H22FN5O4/c24-16-4-2-1-3-12(16)10-26-21(31)20-8-13-7-19(13)29(20)23(33)27-17-11-28(22(25)32)18-6-5-14(30)9-15(17)18/h1-6,9,11,13,19-20,30H,7-8,10H2,(H2,25,32)(H,26,31)(H,27,33)/t13-,19?,20+/m1/s1. The highest BCUT2D eigenvalue weighted by Crippen LogP contribution is 2.48. The molecule has 5 N–H and O–H groups in total. The van der Waals surface area contributed by atoms with Gasteiger partial charge in [-0.3, -0.25) is 9.36 Å². The molecule has 9 nitrogen and oxygen atoms in total. The molecule has 3 aromatic rings. The summed E-state index contributed by atoms with van der Waals surface area (Å²) < 4.78 is 15.0. The van der Waals surface area contributed by atoms with Gasteiger partial charge >= 0.3 is 12.1 Å². The molecule has 2 fully saturated rings. The maximum absolute atomic E-state index is 13.9. The van der Waals surface area contributed by atoms with E-state index in [4.69, 9.17) is 5.73 Å². The third-order valence-electron chi connectivity index (χ3n) is 6.32. The number of aromatic nitrogens is 1. The second-order valence-corrected chi connectivity index (χ2v) is 8.41. The van der Waals surface area contributed by atoms with Crippen molar-refractivity contribution >= 4 is 34.6 Å². The number of likely N-dealkylation sites (tertiary alicyclic amines) is 1. The number of carbonyl (C=O) groups is 3. The van der Waals surface area contributed by atoms with E-state index in [2.05, 4.69) is 10.6 Å². The third kappa shape index (κ3) is 3.73. The normalized spacial score (nSPS) is 21.0. The zero-order chi connectivity index (χ0) is 23.3. The van der Waals surface area contributed by atoms with Gasteiger partial charge in [0.25, 0.3) is 0 Å². The number of aromatic hydroxyl groups is 1. The average Bonchev–Trinajstić information content (AvgIpc) is 3.30. The zero-order valence-corrected chi connectivity index (χ0v) is 17.5. The number of rotatable bonds is 4. The number of primary amides is 1. The number of piperidine rings is 1. The Balaban J connectivity index is 1.35. The number of hydrogen-bond donors (Lipinski definition) is 4. The predicted molar refractivity (Wildman–Crippen MR) is 118 cm³/mol. The third-order valence-corrected chi connectivity index (χ3v) is 6.32. The maximum atomic E-state index is 13.9. The Hall–Kier alpha value is -4.08. The minimum Gasteiger partial charge on any atom is -0.508 e. The van der Waals surface area contributed by atoms with Crippen molar-refractivity contribution in [3.63, 3.8) is 0 Å². The van der Waals surface area contributed by atoms with Crippen LogP contribution in [0.15, 0.2) is 48.7 Å². The van der Waals surface area contributed by atoms with Crippen LogP contribution in [0.4, 0.5) is 19.7 Å². The summed E-state index contributed by atoms with van der Waals surface area (Å²) >= 11 is 0. The molecule has 1 unspecified atom stereocenters. The van der Waals surface area contributed by atoms with Crippen LogP contribution in [-0.4, -0.2) is 44.6 Å². The lowest BCUT2D eigenvalue weighted by Gasteiger charge is -2.27. The summed E-state index contributed by atoms with van der Waals surface area (Å²) in [4.78, 5) is 39.3. The van der Waals surface area contributed by atoms with Crippen LogP contribution in [0.3, 0.4) is 0 Å². The van der Waals surface area contributed by atoms with E-state index in [1.165, 1.54) is 39.9 Å². The average molecular weight is 451 g/mol. The molecule has 0 radical (unpaired) electrons. The Kier molecular flexibility index (Phi) is 4.92. The van der Waals surface area contributed by atoms with Crippen LogP contribution < -0.4 is 16.4 Å². The van der Waals surface area contributed by atoms with E-state index in [1.54, 1.807) is 18.2 Å². The summed E-state index contributed by atoms with van der Waals surface area (Å²) in [5.41, 5.74) is 6.51. The molecule has 2 aliphatic rings. The number of nitrogens with zero attached hydrogens (tertiary/aromatic N) is 2. The number of amides is 4. The zero-order valence-electron chi connectivity index (χ0n) is 17.5. The molecule has 5 rings (SSSR count). The Morgan fingerprint density at radius 3 is 2.70 bits per heavy atom. The second-order valence-electron chi connectivity index (χ2n) is 8.41. The highest BCUT2D eigenvalue weighted by molar-refractivity contribution is 6.06. The molecule has 33 heavy (non-hydrogen) atoms. The first-order chi connectivity index (χ1) is 15.8. The largest absolute Gasteiger partial charge is 0.508 e. The molecular formula is C23H22FN5O4. The topological polar surface area (TPSA) is 130 Å². The van der Waals surface area contributed by atoms with E-state index in [-0.39, 0.29) is 30.2 Å². The summed E-state index contributed by atoms with van der Waals surface area (Å²) in [5, 5.41) is 15.8.